The number of hydrazone groups is 1. The Morgan fingerprint density at radius 2 is 2.00 bits per heavy atom. The van der Waals surface area contributed by atoms with E-state index >= 15 is 0 Å². The minimum absolute atomic E-state index is 0.381. The van der Waals surface area contributed by atoms with Crippen molar-refractivity contribution in [1.29, 1.82) is 0 Å². The first-order chi connectivity index (χ1) is 12.5. The van der Waals surface area contributed by atoms with Crippen molar-refractivity contribution in [3.05, 3.63) is 58.5 Å². The topological polar surface area (TPSA) is 77.2 Å². The van der Waals surface area contributed by atoms with Crippen molar-refractivity contribution in [2.45, 2.75) is 6.92 Å². The zero-order valence-electron chi connectivity index (χ0n) is 14.5. The predicted octanol–water partition coefficient (Wildman–Crippen LogP) is 3.08. The van der Waals surface area contributed by atoms with Gasteiger partial charge >= 0.3 is 0 Å². The molecule has 3 rings (SSSR count). The number of hydrogen-bond acceptors (Lipinski definition) is 5. The molecule has 0 bridgehead atoms. The molecule has 0 saturated carbocycles. The molecule has 3 aromatic rings. The molecule has 0 saturated heterocycles. The molecule has 1 amide bonds. The van der Waals surface area contributed by atoms with Crippen LogP contribution in [0.25, 0.3) is 5.65 Å². The summed E-state index contributed by atoms with van der Waals surface area (Å²) >= 11 is 6.01. The van der Waals surface area contributed by atoms with Gasteiger partial charge in [-0.3, -0.25) is 9.20 Å². The molecule has 26 heavy (non-hydrogen) atoms. The van der Waals surface area contributed by atoms with E-state index in [2.05, 4.69) is 15.5 Å². The van der Waals surface area contributed by atoms with Crippen molar-refractivity contribution in [3.63, 3.8) is 0 Å². The number of carbonyl (C=O) groups excluding carboxylic acids is 1. The summed E-state index contributed by atoms with van der Waals surface area (Å²) in [5, 5.41) is 4.52. The number of hydrogen-bond donors (Lipinski definition) is 1. The summed E-state index contributed by atoms with van der Waals surface area (Å²) < 4.78 is 12.1. The van der Waals surface area contributed by atoms with Crippen LogP contribution in [0.15, 0.2) is 41.6 Å². The van der Waals surface area contributed by atoms with Gasteiger partial charge in [0, 0.05) is 6.20 Å². The van der Waals surface area contributed by atoms with Gasteiger partial charge in [-0.15, -0.1) is 0 Å². The molecule has 0 radical (unpaired) electrons. The van der Waals surface area contributed by atoms with E-state index in [1.54, 1.807) is 62.1 Å². The second-order valence-electron chi connectivity index (χ2n) is 5.43. The monoisotopic (exact) mass is 372 g/mol. The van der Waals surface area contributed by atoms with Crippen molar-refractivity contribution in [3.8, 4) is 11.5 Å². The molecule has 134 valence electrons. The number of carbonyl (C=O) groups is 1. The molecule has 7 nitrogen and oxygen atoms in total. The summed E-state index contributed by atoms with van der Waals surface area (Å²) in [4.78, 5) is 16.8. The summed E-state index contributed by atoms with van der Waals surface area (Å²) in [6.07, 6.45) is 3.16. The van der Waals surface area contributed by atoms with Crippen molar-refractivity contribution in [1.82, 2.24) is 14.8 Å². The van der Waals surface area contributed by atoms with E-state index in [1.807, 2.05) is 0 Å². The average molecular weight is 373 g/mol. The Morgan fingerprint density at radius 1 is 1.23 bits per heavy atom. The minimum atomic E-state index is -0.381. The largest absolute Gasteiger partial charge is 0.493 e. The van der Waals surface area contributed by atoms with Crippen molar-refractivity contribution in [2.75, 3.05) is 14.2 Å². The van der Waals surface area contributed by atoms with E-state index in [1.165, 1.54) is 6.21 Å². The second kappa shape index (κ2) is 7.45. The maximum Gasteiger partial charge on any atom is 0.290 e. The van der Waals surface area contributed by atoms with Crippen LogP contribution < -0.4 is 14.9 Å². The SMILES string of the molecule is COc1ccc(/C=N\NC(=O)c2c(C)nc3ccc(Cl)cn23)cc1OC. The van der Waals surface area contributed by atoms with Gasteiger partial charge in [-0.25, -0.2) is 10.4 Å². The lowest BCUT2D eigenvalue weighted by molar-refractivity contribution is 0.0948. The van der Waals surface area contributed by atoms with E-state index in [-0.39, 0.29) is 5.91 Å². The predicted molar refractivity (Wildman–Crippen MR) is 99.5 cm³/mol. The number of pyridine rings is 1. The van der Waals surface area contributed by atoms with Crippen molar-refractivity contribution < 1.29 is 14.3 Å². The molecule has 2 aromatic heterocycles. The lowest BCUT2D eigenvalue weighted by atomic mass is 10.2. The zero-order valence-corrected chi connectivity index (χ0v) is 15.2. The number of ether oxygens (including phenoxy) is 2. The highest BCUT2D eigenvalue weighted by Crippen LogP contribution is 2.26. The molecule has 0 aliphatic carbocycles. The van der Waals surface area contributed by atoms with Crippen LogP contribution in [-0.4, -0.2) is 35.7 Å². The highest BCUT2D eigenvalue weighted by Gasteiger charge is 2.16. The number of aromatic nitrogens is 2. The number of methoxy groups -OCH3 is 2. The molecule has 0 aliphatic heterocycles. The molecule has 0 aliphatic rings. The normalized spacial score (nSPS) is 11.1. The fraction of sp³-hybridized carbons (Fsp3) is 0.167. The summed E-state index contributed by atoms with van der Waals surface area (Å²) in [7, 11) is 3.12. The number of amides is 1. The first-order valence-electron chi connectivity index (χ1n) is 7.73. The maximum atomic E-state index is 12.5. The fourth-order valence-corrected chi connectivity index (χ4v) is 2.72. The summed E-state index contributed by atoms with van der Waals surface area (Å²) in [6, 6.07) is 8.79. The number of imidazole rings is 1. The van der Waals surface area contributed by atoms with Crippen LogP contribution in [0.5, 0.6) is 11.5 Å². The third-order valence-corrected chi connectivity index (χ3v) is 3.98. The third kappa shape index (κ3) is 3.48. The van der Waals surface area contributed by atoms with Gasteiger partial charge < -0.3 is 9.47 Å². The molecular formula is C18H17ClN4O3. The van der Waals surface area contributed by atoms with Crippen LogP contribution in [0.3, 0.4) is 0 Å². The quantitative estimate of drug-likeness (QED) is 0.551. The summed E-state index contributed by atoms with van der Waals surface area (Å²) in [5.74, 6) is 0.816. The molecule has 0 atom stereocenters. The molecule has 2 heterocycles. The highest BCUT2D eigenvalue weighted by molar-refractivity contribution is 6.30. The Hall–Kier alpha value is -3.06. The lowest BCUT2D eigenvalue weighted by Crippen LogP contribution is -2.20. The summed E-state index contributed by atoms with van der Waals surface area (Å²) in [5.41, 5.74) is 4.87. The number of benzene rings is 1. The van der Waals surface area contributed by atoms with Crippen LogP contribution in [0.1, 0.15) is 21.7 Å². The van der Waals surface area contributed by atoms with Crippen LogP contribution >= 0.6 is 11.6 Å². The van der Waals surface area contributed by atoms with Crippen molar-refractivity contribution >= 4 is 29.4 Å². The Morgan fingerprint density at radius 3 is 2.73 bits per heavy atom. The smallest absolute Gasteiger partial charge is 0.290 e. The standard InChI is InChI=1S/C18H17ClN4O3/c1-11-17(23-10-13(19)5-7-16(23)21-11)18(24)22-20-9-12-4-6-14(25-2)15(8-12)26-3/h4-10H,1-3H3,(H,22,24)/b20-9-. The van der Waals surface area contributed by atoms with Crippen molar-refractivity contribution in [2.24, 2.45) is 5.10 Å². The van der Waals surface area contributed by atoms with Gasteiger partial charge in [0.1, 0.15) is 11.3 Å². The maximum absolute atomic E-state index is 12.5. The molecule has 8 heteroatoms. The van der Waals surface area contributed by atoms with E-state index < -0.39 is 0 Å². The number of aryl methyl sites for hydroxylation is 1. The van der Waals surface area contributed by atoms with Gasteiger partial charge in [0.05, 0.1) is 31.2 Å². The number of nitrogens with one attached hydrogen (secondary N) is 1. The Bertz CT molecular complexity index is 998. The van der Waals surface area contributed by atoms with E-state index in [9.17, 15) is 4.79 Å². The van der Waals surface area contributed by atoms with E-state index in [0.29, 0.717) is 33.6 Å². The van der Waals surface area contributed by atoms with Crippen LogP contribution in [0.4, 0.5) is 0 Å². The van der Waals surface area contributed by atoms with Crippen LogP contribution in [0, 0.1) is 6.92 Å². The van der Waals surface area contributed by atoms with Gasteiger partial charge in [0.15, 0.2) is 11.5 Å². The highest BCUT2D eigenvalue weighted by atomic mass is 35.5. The number of rotatable bonds is 5. The van der Waals surface area contributed by atoms with Gasteiger partial charge in [0.2, 0.25) is 0 Å². The molecule has 0 unspecified atom stereocenters. The van der Waals surface area contributed by atoms with Gasteiger partial charge in [-0.05, 0) is 42.8 Å². The van der Waals surface area contributed by atoms with E-state index in [0.717, 1.165) is 5.56 Å². The Labute approximate surface area is 155 Å². The fourth-order valence-electron chi connectivity index (χ4n) is 2.56. The lowest BCUT2D eigenvalue weighted by Gasteiger charge is -2.07. The van der Waals surface area contributed by atoms with Gasteiger partial charge in [-0.1, -0.05) is 11.6 Å². The average Bonchev–Trinajstić information content (AvgIpc) is 2.96. The van der Waals surface area contributed by atoms with Crippen LogP contribution in [0.2, 0.25) is 5.02 Å². The van der Waals surface area contributed by atoms with Gasteiger partial charge in [-0.2, -0.15) is 5.10 Å². The van der Waals surface area contributed by atoms with E-state index in [4.69, 9.17) is 21.1 Å². The molecule has 1 aromatic carbocycles. The zero-order chi connectivity index (χ0) is 18.7. The minimum Gasteiger partial charge on any atom is -0.493 e. The number of halogens is 1. The molecule has 0 fully saturated rings. The van der Waals surface area contributed by atoms with Gasteiger partial charge in [0.25, 0.3) is 5.91 Å². The molecular weight excluding hydrogens is 356 g/mol. The Balaban J connectivity index is 1.80. The van der Waals surface area contributed by atoms with Crippen LogP contribution in [-0.2, 0) is 0 Å². The molecule has 1 N–H and O–H groups in total. The third-order valence-electron chi connectivity index (χ3n) is 3.76. The number of nitrogens with zero attached hydrogens (tertiary/aromatic N) is 3. The second-order valence-corrected chi connectivity index (χ2v) is 5.87. The Kier molecular flexibility index (Phi) is 5.09. The summed E-state index contributed by atoms with van der Waals surface area (Å²) in [6.45, 7) is 1.76. The molecule has 0 spiro atoms. The first-order valence-corrected chi connectivity index (χ1v) is 8.11. The number of fused-ring (bicyclic) bond motifs is 1. The first kappa shape index (κ1) is 17.8.